The maximum absolute atomic E-state index is 5.74. The molecule has 0 saturated carbocycles. The van der Waals surface area contributed by atoms with E-state index in [0.29, 0.717) is 6.04 Å². The lowest BCUT2D eigenvalue weighted by atomic mass is 9.99. The summed E-state index contributed by atoms with van der Waals surface area (Å²) in [6.45, 7) is 6.37. The summed E-state index contributed by atoms with van der Waals surface area (Å²) in [4.78, 5) is 0. The highest BCUT2D eigenvalue weighted by molar-refractivity contribution is 5.27. The Morgan fingerprint density at radius 2 is 2.00 bits per heavy atom. The molecule has 0 bridgehead atoms. The van der Waals surface area contributed by atoms with Gasteiger partial charge in [0.1, 0.15) is 0 Å². The third-order valence-electron chi connectivity index (χ3n) is 3.43. The van der Waals surface area contributed by atoms with Gasteiger partial charge in [-0.05, 0) is 44.4 Å². The second-order valence-corrected chi connectivity index (χ2v) is 5.14. The van der Waals surface area contributed by atoms with Crippen LogP contribution in [0.1, 0.15) is 42.8 Å². The van der Waals surface area contributed by atoms with E-state index in [4.69, 9.17) is 5.84 Å². The maximum atomic E-state index is 5.74. The minimum absolute atomic E-state index is 0.0750. The summed E-state index contributed by atoms with van der Waals surface area (Å²) in [5.41, 5.74) is 6.64. The van der Waals surface area contributed by atoms with Crippen LogP contribution in [-0.2, 0) is 6.42 Å². The lowest BCUT2D eigenvalue weighted by Gasteiger charge is -2.20. The first-order chi connectivity index (χ1) is 9.13. The zero-order chi connectivity index (χ0) is 13.8. The zero-order valence-electron chi connectivity index (χ0n) is 11.8. The lowest BCUT2D eigenvalue weighted by Crippen LogP contribution is -2.32. The second-order valence-electron chi connectivity index (χ2n) is 5.14. The van der Waals surface area contributed by atoms with Crippen molar-refractivity contribution in [1.82, 2.24) is 15.2 Å². The normalized spacial score (nSPS) is 12.9. The molecule has 1 aromatic carbocycles. The molecule has 1 aromatic heterocycles. The van der Waals surface area contributed by atoms with Gasteiger partial charge in [0.05, 0.1) is 11.7 Å². The van der Waals surface area contributed by atoms with Crippen LogP contribution < -0.4 is 11.3 Å². The summed E-state index contributed by atoms with van der Waals surface area (Å²) in [6.07, 6.45) is 2.69. The summed E-state index contributed by atoms with van der Waals surface area (Å²) in [6, 6.07) is 10.8. The van der Waals surface area contributed by atoms with Crippen molar-refractivity contribution in [3.05, 3.63) is 53.3 Å². The molecule has 0 radical (unpaired) electrons. The van der Waals surface area contributed by atoms with Crippen LogP contribution in [0.25, 0.3) is 0 Å². The van der Waals surface area contributed by atoms with Gasteiger partial charge in [-0.15, -0.1) is 0 Å². The smallest absolute Gasteiger partial charge is 0.0669 e. The zero-order valence-corrected chi connectivity index (χ0v) is 11.8. The monoisotopic (exact) mass is 258 g/mol. The van der Waals surface area contributed by atoms with Gasteiger partial charge in [-0.2, -0.15) is 5.10 Å². The standard InChI is InChI=1S/C15H22N4/c1-11(2)19-15(8-9-17-19)14(18-16)10-13-7-5-4-6-12(13)3/h4-9,11,14,18H,10,16H2,1-3H3. The Kier molecular flexibility index (Phi) is 4.35. The summed E-state index contributed by atoms with van der Waals surface area (Å²) < 4.78 is 2.02. The van der Waals surface area contributed by atoms with Crippen LogP contribution in [0.3, 0.4) is 0 Å². The summed E-state index contributed by atoms with van der Waals surface area (Å²) in [5, 5.41) is 4.37. The Morgan fingerprint density at radius 1 is 1.26 bits per heavy atom. The molecule has 4 nitrogen and oxygen atoms in total. The highest BCUT2D eigenvalue weighted by Gasteiger charge is 2.17. The Balaban J connectivity index is 2.26. The van der Waals surface area contributed by atoms with E-state index in [0.717, 1.165) is 12.1 Å². The van der Waals surface area contributed by atoms with E-state index in [1.165, 1.54) is 11.1 Å². The second kappa shape index (κ2) is 5.99. The Hall–Kier alpha value is -1.65. The molecule has 1 heterocycles. The van der Waals surface area contributed by atoms with Crippen molar-refractivity contribution in [3.63, 3.8) is 0 Å². The summed E-state index contributed by atoms with van der Waals surface area (Å²) >= 11 is 0. The maximum Gasteiger partial charge on any atom is 0.0669 e. The van der Waals surface area contributed by atoms with E-state index >= 15 is 0 Å². The minimum atomic E-state index is 0.0750. The van der Waals surface area contributed by atoms with Gasteiger partial charge in [0.25, 0.3) is 0 Å². The van der Waals surface area contributed by atoms with Crippen LogP contribution in [0.2, 0.25) is 0 Å². The molecule has 4 heteroatoms. The summed E-state index contributed by atoms with van der Waals surface area (Å²) in [5.74, 6) is 5.74. The minimum Gasteiger partial charge on any atom is -0.271 e. The van der Waals surface area contributed by atoms with Gasteiger partial charge in [0.2, 0.25) is 0 Å². The highest BCUT2D eigenvalue weighted by Crippen LogP contribution is 2.21. The van der Waals surface area contributed by atoms with Crippen molar-refractivity contribution in [2.75, 3.05) is 0 Å². The molecule has 0 aliphatic carbocycles. The SMILES string of the molecule is Cc1ccccc1CC(NN)c1ccnn1C(C)C. The molecule has 1 atom stereocenters. The van der Waals surface area contributed by atoms with Crippen LogP contribution in [0.4, 0.5) is 0 Å². The van der Waals surface area contributed by atoms with Gasteiger partial charge >= 0.3 is 0 Å². The molecular formula is C15H22N4. The average Bonchev–Trinajstić information content (AvgIpc) is 2.87. The van der Waals surface area contributed by atoms with Crippen LogP contribution in [-0.4, -0.2) is 9.78 Å². The number of hydrogen-bond donors (Lipinski definition) is 2. The Morgan fingerprint density at radius 3 is 2.63 bits per heavy atom. The summed E-state index contributed by atoms with van der Waals surface area (Å²) in [7, 11) is 0. The molecule has 1 unspecified atom stereocenters. The average molecular weight is 258 g/mol. The molecule has 102 valence electrons. The number of nitrogens with zero attached hydrogens (tertiary/aromatic N) is 2. The van der Waals surface area contributed by atoms with Crippen molar-refractivity contribution in [2.24, 2.45) is 5.84 Å². The molecular weight excluding hydrogens is 236 g/mol. The van der Waals surface area contributed by atoms with Crippen LogP contribution >= 0.6 is 0 Å². The van der Waals surface area contributed by atoms with E-state index in [1.54, 1.807) is 0 Å². The van der Waals surface area contributed by atoms with Crippen molar-refractivity contribution < 1.29 is 0 Å². The van der Waals surface area contributed by atoms with Gasteiger partial charge in [0, 0.05) is 12.2 Å². The predicted octanol–water partition coefficient (Wildman–Crippen LogP) is 2.52. The van der Waals surface area contributed by atoms with Crippen molar-refractivity contribution in [3.8, 4) is 0 Å². The third-order valence-corrected chi connectivity index (χ3v) is 3.43. The number of aryl methyl sites for hydroxylation is 1. The van der Waals surface area contributed by atoms with Gasteiger partial charge in [-0.25, -0.2) is 0 Å². The van der Waals surface area contributed by atoms with E-state index in [-0.39, 0.29) is 6.04 Å². The molecule has 3 N–H and O–H groups in total. The topological polar surface area (TPSA) is 55.9 Å². The van der Waals surface area contributed by atoms with Crippen LogP contribution in [0.5, 0.6) is 0 Å². The van der Waals surface area contributed by atoms with E-state index < -0.39 is 0 Å². The number of benzene rings is 1. The van der Waals surface area contributed by atoms with Gasteiger partial charge in [-0.1, -0.05) is 24.3 Å². The Bertz CT molecular complexity index is 530. The number of rotatable bonds is 5. The first-order valence-electron chi connectivity index (χ1n) is 6.67. The third kappa shape index (κ3) is 3.03. The molecule has 0 saturated heterocycles. The van der Waals surface area contributed by atoms with Crippen LogP contribution in [0.15, 0.2) is 36.5 Å². The first-order valence-corrected chi connectivity index (χ1v) is 6.67. The fourth-order valence-corrected chi connectivity index (χ4v) is 2.34. The molecule has 2 aromatic rings. The van der Waals surface area contributed by atoms with Crippen molar-refractivity contribution in [1.29, 1.82) is 0 Å². The van der Waals surface area contributed by atoms with Crippen LogP contribution in [0, 0.1) is 6.92 Å². The number of nitrogens with one attached hydrogen (secondary N) is 1. The predicted molar refractivity (Wildman–Crippen MR) is 77.6 cm³/mol. The fraction of sp³-hybridized carbons (Fsp3) is 0.400. The molecule has 0 fully saturated rings. The lowest BCUT2D eigenvalue weighted by molar-refractivity contribution is 0.447. The highest BCUT2D eigenvalue weighted by atomic mass is 15.3. The van der Waals surface area contributed by atoms with E-state index in [1.807, 2.05) is 16.9 Å². The molecule has 19 heavy (non-hydrogen) atoms. The van der Waals surface area contributed by atoms with E-state index in [9.17, 15) is 0 Å². The number of nitrogens with two attached hydrogens (primary N) is 1. The van der Waals surface area contributed by atoms with E-state index in [2.05, 4.69) is 55.6 Å². The van der Waals surface area contributed by atoms with Gasteiger partial charge < -0.3 is 0 Å². The number of aromatic nitrogens is 2. The fourth-order valence-electron chi connectivity index (χ4n) is 2.34. The molecule has 2 rings (SSSR count). The van der Waals surface area contributed by atoms with Crippen molar-refractivity contribution in [2.45, 2.75) is 39.3 Å². The largest absolute Gasteiger partial charge is 0.271 e. The van der Waals surface area contributed by atoms with Crippen molar-refractivity contribution >= 4 is 0 Å². The Labute approximate surface area is 114 Å². The molecule has 0 spiro atoms. The number of hydrazine groups is 1. The molecule has 0 amide bonds. The number of hydrogen-bond acceptors (Lipinski definition) is 3. The first kappa shape index (κ1) is 13.8. The molecule has 0 aliphatic heterocycles. The van der Waals surface area contributed by atoms with Gasteiger partial charge in [-0.3, -0.25) is 16.0 Å². The van der Waals surface area contributed by atoms with Gasteiger partial charge in [0.15, 0.2) is 0 Å². The quantitative estimate of drug-likeness (QED) is 0.640. The molecule has 0 aliphatic rings.